The fourth-order valence-electron chi connectivity index (χ4n) is 2.26. The predicted octanol–water partition coefficient (Wildman–Crippen LogP) is 3.58. The van der Waals surface area contributed by atoms with E-state index >= 15 is 0 Å². The first kappa shape index (κ1) is 20.6. The maximum Gasteiger partial charge on any atom is 0.331 e. The van der Waals surface area contributed by atoms with E-state index in [1.54, 1.807) is 30.3 Å². The minimum Gasteiger partial charge on any atom is -0.492 e. The molecule has 0 aliphatic carbocycles. The molecule has 8 heteroatoms. The van der Waals surface area contributed by atoms with E-state index in [-0.39, 0.29) is 5.69 Å². The molecule has 1 unspecified atom stereocenters. The number of amides is 1. The van der Waals surface area contributed by atoms with Crippen molar-refractivity contribution in [2.75, 3.05) is 11.9 Å². The maximum atomic E-state index is 12.3. The molecule has 2 rings (SSSR count). The molecule has 2 aromatic carbocycles. The van der Waals surface area contributed by atoms with Gasteiger partial charge in [0, 0.05) is 18.2 Å². The number of nitro groups is 1. The number of rotatable bonds is 8. The lowest BCUT2D eigenvalue weighted by molar-refractivity contribution is -0.384. The summed E-state index contributed by atoms with van der Waals surface area (Å²) in [6.07, 6.45) is 1.44. The van der Waals surface area contributed by atoms with Crippen LogP contribution in [0, 0.1) is 10.1 Å². The molecule has 2 aromatic rings. The van der Waals surface area contributed by atoms with Crippen LogP contribution >= 0.6 is 0 Å². The zero-order valence-corrected chi connectivity index (χ0v) is 15.5. The average molecular weight is 384 g/mol. The van der Waals surface area contributed by atoms with Crippen LogP contribution in [0.25, 0.3) is 6.08 Å². The third-order valence-corrected chi connectivity index (χ3v) is 3.60. The summed E-state index contributed by atoms with van der Waals surface area (Å²) in [5.41, 5.74) is 0.856. The van der Waals surface area contributed by atoms with Crippen LogP contribution in [0.2, 0.25) is 0 Å². The van der Waals surface area contributed by atoms with Crippen molar-refractivity contribution in [2.24, 2.45) is 0 Å². The molecule has 1 N–H and O–H groups in total. The fourth-order valence-corrected chi connectivity index (χ4v) is 2.26. The Morgan fingerprint density at radius 2 is 1.96 bits per heavy atom. The highest BCUT2D eigenvalue weighted by atomic mass is 16.6. The van der Waals surface area contributed by atoms with Crippen LogP contribution in [0.15, 0.2) is 54.6 Å². The van der Waals surface area contributed by atoms with Gasteiger partial charge < -0.3 is 14.8 Å². The fraction of sp³-hybridized carbons (Fsp3) is 0.200. The number of carbonyl (C=O) groups excluding carboxylic acids is 2. The molecule has 0 bridgehead atoms. The van der Waals surface area contributed by atoms with Crippen molar-refractivity contribution in [1.82, 2.24) is 0 Å². The molecule has 0 saturated carbocycles. The molecular formula is C20H20N2O6. The molecule has 0 radical (unpaired) electrons. The normalized spacial score (nSPS) is 11.6. The minimum atomic E-state index is -1.04. The van der Waals surface area contributed by atoms with Crippen molar-refractivity contribution < 1.29 is 24.0 Å². The zero-order chi connectivity index (χ0) is 20.5. The van der Waals surface area contributed by atoms with Gasteiger partial charge in [-0.15, -0.1) is 0 Å². The van der Waals surface area contributed by atoms with Crippen molar-refractivity contribution in [3.63, 3.8) is 0 Å². The van der Waals surface area contributed by atoms with Crippen LogP contribution in [-0.2, 0) is 14.3 Å². The molecule has 0 heterocycles. The highest BCUT2D eigenvalue weighted by molar-refractivity contribution is 5.97. The van der Waals surface area contributed by atoms with Crippen molar-refractivity contribution >= 4 is 29.3 Å². The molecule has 28 heavy (non-hydrogen) atoms. The van der Waals surface area contributed by atoms with Gasteiger partial charge in [0.05, 0.1) is 17.2 Å². The number of nitrogens with one attached hydrogen (secondary N) is 1. The second-order valence-corrected chi connectivity index (χ2v) is 5.68. The topological polar surface area (TPSA) is 108 Å². The number of esters is 1. The van der Waals surface area contributed by atoms with Crippen molar-refractivity contribution in [3.05, 3.63) is 70.3 Å². The van der Waals surface area contributed by atoms with E-state index in [1.165, 1.54) is 31.2 Å². The summed E-state index contributed by atoms with van der Waals surface area (Å²) in [5.74, 6) is -0.737. The highest BCUT2D eigenvalue weighted by Gasteiger charge is 2.18. The van der Waals surface area contributed by atoms with E-state index in [0.717, 1.165) is 6.08 Å². The van der Waals surface area contributed by atoms with Gasteiger partial charge in [0.1, 0.15) is 5.75 Å². The zero-order valence-electron chi connectivity index (χ0n) is 15.5. The van der Waals surface area contributed by atoms with Crippen LogP contribution in [0.3, 0.4) is 0 Å². The Labute approximate surface area is 161 Å². The van der Waals surface area contributed by atoms with Crippen LogP contribution in [0.5, 0.6) is 5.75 Å². The van der Waals surface area contributed by atoms with Gasteiger partial charge in [-0.2, -0.15) is 0 Å². The Bertz CT molecular complexity index is 894. The summed E-state index contributed by atoms with van der Waals surface area (Å²) in [4.78, 5) is 34.4. The van der Waals surface area contributed by atoms with Crippen LogP contribution in [-0.4, -0.2) is 29.5 Å². The number of nitrogens with zero attached hydrogens (tertiary/aromatic N) is 1. The number of para-hydroxylation sites is 2. The molecule has 0 aliphatic heterocycles. The Morgan fingerprint density at radius 3 is 2.68 bits per heavy atom. The van der Waals surface area contributed by atoms with Gasteiger partial charge in [-0.1, -0.05) is 24.3 Å². The smallest absolute Gasteiger partial charge is 0.331 e. The highest BCUT2D eigenvalue weighted by Crippen LogP contribution is 2.24. The molecule has 0 saturated heterocycles. The third-order valence-electron chi connectivity index (χ3n) is 3.60. The number of hydrogen-bond donors (Lipinski definition) is 1. The maximum absolute atomic E-state index is 12.3. The standard InChI is InChI=1S/C20H20N2O6/c1-3-27-18-10-5-4-9-17(18)21-20(24)14(2)28-19(23)12-11-15-7-6-8-16(13-15)22(25)26/h4-14H,3H2,1-2H3,(H,21,24). The molecule has 0 aliphatic rings. The van der Waals surface area contributed by atoms with Crippen molar-refractivity contribution in [3.8, 4) is 5.75 Å². The summed E-state index contributed by atoms with van der Waals surface area (Å²) in [7, 11) is 0. The first-order valence-corrected chi connectivity index (χ1v) is 8.56. The van der Waals surface area contributed by atoms with Crippen molar-refractivity contribution in [1.29, 1.82) is 0 Å². The van der Waals surface area contributed by atoms with E-state index in [9.17, 15) is 19.7 Å². The summed E-state index contributed by atoms with van der Waals surface area (Å²) in [6.45, 7) is 3.72. The Hall–Kier alpha value is -3.68. The SMILES string of the molecule is CCOc1ccccc1NC(=O)C(C)OC(=O)C=Cc1cccc([N+](=O)[O-])c1. The monoisotopic (exact) mass is 384 g/mol. The van der Waals surface area contributed by atoms with Gasteiger partial charge in [0.2, 0.25) is 0 Å². The molecular weight excluding hydrogens is 364 g/mol. The lowest BCUT2D eigenvalue weighted by Crippen LogP contribution is -2.29. The predicted molar refractivity (Wildman–Crippen MR) is 104 cm³/mol. The van der Waals surface area contributed by atoms with Crippen LogP contribution in [0.1, 0.15) is 19.4 Å². The van der Waals surface area contributed by atoms with Crippen LogP contribution in [0.4, 0.5) is 11.4 Å². The van der Waals surface area contributed by atoms with E-state index in [2.05, 4.69) is 5.32 Å². The number of anilines is 1. The summed E-state index contributed by atoms with van der Waals surface area (Å²) in [6, 6.07) is 12.7. The third kappa shape index (κ3) is 5.94. The number of hydrogen-bond acceptors (Lipinski definition) is 6. The van der Waals surface area contributed by atoms with Gasteiger partial charge in [0.15, 0.2) is 6.10 Å². The second kappa shape index (κ2) is 9.86. The van der Waals surface area contributed by atoms with Gasteiger partial charge in [-0.25, -0.2) is 4.79 Å². The number of ether oxygens (including phenoxy) is 2. The average Bonchev–Trinajstić information content (AvgIpc) is 2.68. The molecule has 1 atom stereocenters. The minimum absolute atomic E-state index is 0.0868. The molecule has 8 nitrogen and oxygen atoms in total. The van der Waals surface area contributed by atoms with E-state index in [4.69, 9.17) is 9.47 Å². The molecule has 1 amide bonds. The Balaban J connectivity index is 1.95. The Morgan fingerprint density at radius 1 is 1.21 bits per heavy atom. The number of benzene rings is 2. The number of nitro benzene ring substituents is 1. The van der Waals surface area contributed by atoms with E-state index < -0.39 is 22.9 Å². The van der Waals surface area contributed by atoms with E-state index in [1.807, 2.05) is 6.92 Å². The molecule has 0 spiro atoms. The van der Waals surface area contributed by atoms with E-state index in [0.29, 0.717) is 23.6 Å². The van der Waals surface area contributed by atoms with Crippen molar-refractivity contribution in [2.45, 2.75) is 20.0 Å². The van der Waals surface area contributed by atoms with Gasteiger partial charge in [-0.05, 0) is 37.6 Å². The molecule has 146 valence electrons. The number of non-ortho nitro benzene ring substituents is 1. The molecule has 0 aromatic heterocycles. The first-order chi connectivity index (χ1) is 13.4. The van der Waals surface area contributed by atoms with Gasteiger partial charge in [0.25, 0.3) is 11.6 Å². The lowest BCUT2D eigenvalue weighted by Gasteiger charge is -2.15. The Kier molecular flexibility index (Phi) is 7.27. The second-order valence-electron chi connectivity index (χ2n) is 5.68. The summed E-state index contributed by atoms with van der Waals surface area (Å²) in [5, 5.41) is 13.4. The first-order valence-electron chi connectivity index (χ1n) is 8.56. The summed E-state index contributed by atoms with van der Waals surface area (Å²) >= 11 is 0. The number of carbonyl (C=O) groups is 2. The van der Waals surface area contributed by atoms with Gasteiger partial charge >= 0.3 is 5.97 Å². The quantitative estimate of drug-likeness (QED) is 0.323. The lowest BCUT2D eigenvalue weighted by atomic mass is 10.2. The van der Waals surface area contributed by atoms with Gasteiger partial charge in [-0.3, -0.25) is 14.9 Å². The van der Waals surface area contributed by atoms with Crippen LogP contribution < -0.4 is 10.1 Å². The molecule has 0 fully saturated rings. The largest absolute Gasteiger partial charge is 0.492 e. The summed E-state index contributed by atoms with van der Waals surface area (Å²) < 4.78 is 10.5.